The molecule has 25 heavy (non-hydrogen) atoms. The molecule has 1 aromatic rings. The first-order valence-electron chi connectivity index (χ1n) is 9.23. The van der Waals surface area contributed by atoms with Gasteiger partial charge >= 0.3 is 6.09 Å². The third-order valence-corrected chi connectivity index (χ3v) is 4.99. The van der Waals surface area contributed by atoms with E-state index in [1.165, 1.54) is 19.3 Å². The third kappa shape index (κ3) is 5.09. The van der Waals surface area contributed by atoms with Crippen molar-refractivity contribution in [3.8, 4) is 0 Å². The van der Waals surface area contributed by atoms with Gasteiger partial charge in [0.25, 0.3) is 0 Å². The van der Waals surface area contributed by atoms with Crippen molar-refractivity contribution < 1.29 is 9.53 Å². The van der Waals surface area contributed by atoms with Crippen LogP contribution < -0.4 is 4.90 Å². The maximum absolute atomic E-state index is 12.7. The average Bonchev–Trinajstić information content (AvgIpc) is 3.36. The molecule has 1 aromatic heterocycles. The fourth-order valence-corrected chi connectivity index (χ4v) is 3.56. The molecule has 2 heterocycles. The molecule has 1 amide bonds. The van der Waals surface area contributed by atoms with Crippen molar-refractivity contribution in [1.29, 1.82) is 0 Å². The van der Waals surface area contributed by atoms with Gasteiger partial charge in [-0.25, -0.2) is 9.78 Å². The number of anilines is 1. The van der Waals surface area contributed by atoms with Crippen LogP contribution in [0.25, 0.3) is 0 Å². The number of halogens is 1. The molecule has 5 nitrogen and oxygen atoms in total. The molecule has 0 radical (unpaired) electrons. The lowest BCUT2D eigenvalue weighted by atomic mass is 10.1. The van der Waals surface area contributed by atoms with Crippen molar-refractivity contribution >= 4 is 27.7 Å². The molecule has 2 fully saturated rings. The lowest BCUT2D eigenvalue weighted by molar-refractivity contribution is 0.0214. The van der Waals surface area contributed by atoms with Crippen molar-refractivity contribution in [3.63, 3.8) is 0 Å². The highest BCUT2D eigenvalue weighted by Gasteiger charge is 2.36. The second kappa shape index (κ2) is 7.52. The lowest BCUT2D eigenvalue weighted by Gasteiger charge is -2.32. The van der Waals surface area contributed by atoms with Crippen molar-refractivity contribution in [2.24, 2.45) is 0 Å². The summed E-state index contributed by atoms with van der Waals surface area (Å²) in [5, 5.41) is 0. The Kier molecular flexibility index (Phi) is 5.56. The molecule has 1 saturated carbocycles. The van der Waals surface area contributed by atoms with Gasteiger partial charge in [-0.1, -0.05) is 0 Å². The first kappa shape index (κ1) is 18.5. The minimum atomic E-state index is -0.482. The van der Waals surface area contributed by atoms with Crippen LogP contribution in [0.15, 0.2) is 16.7 Å². The number of amides is 1. The Morgan fingerprint density at radius 2 is 1.96 bits per heavy atom. The van der Waals surface area contributed by atoms with Crippen LogP contribution in [0.2, 0.25) is 0 Å². The van der Waals surface area contributed by atoms with E-state index < -0.39 is 5.60 Å². The van der Waals surface area contributed by atoms with Crippen LogP contribution >= 0.6 is 15.9 Å². The maximum Gasteiger partial charge on any atom is 0.410 e. The van der Waals surface area contributed by atoms with Crippen LogP contribution in [-0.2, 0) is 11.3 Å². The number of rotatable bonds is 4. The van der Waals surface area contributed by atoms with Gasteiger partial charge in [-0.05, 0) is 80.9 Å². The number of piperidine rings is 1. The zero-order valence-electron chi connectivity index (χ0n) is 15.4. The third-order valence-electron chi connectivity index (χ3n) is 4.55. The second-order valence-corrected chi connectivity index (χ2v) is 8.80. The lowest BCUT2D eigenvalue weighted by Crippen LogP contribution is -2.39. The standard InChI is InChI=1S/C19H28BrN3O2/c1-19(2,3)25-18(24)23(14-7-8-14)13-15-16(9-10-17(20)21-15)22-11-5-4-6-12-22/h9-10,14H,4-8,11-13H2,1-3H3. The van der Waals surface area contributed by atoms with Gasteiger partial charge in [-0.15, -0.1) is 0 Å². The van der Waals surface area contributed by atoms with E-state index in [-0.39, 0.29) is 12.1 Å². The van der Waals surface area contributed by atoms with Crippen LogP contribution in [0.1, 0.15) is 58.6 Å². The Bertz CT molecular complexity index is 620. The van der Waals surface area contributed by atoms with Gasteiger partial charge in [0, 0.05) is 19.1 Å². The highest BCUT2D eigenvalue weighted by molar-refractivity contribution is 9.10. The number of hydrogen-bond donors (Lipinski definition) is 0. The van der Waals surface area contributed by atoms with Crippen LogP contribution in [-0.4, -0.2) is 40.7 Å². The predicted octanol–water partition coefficient (Wildman–Crippen LogP) is 4.73. The summed E-state index contributed by atoms with van der Waals surface area (Å²) >= 11 is 3.48. The molecule has 138 valence electrons. The second-order valence-electron chi connectivity index (χ2n) is 7.99. The summed E-state index contributed by atoms with van der Waals surface area (Å²) in [6.07, 6.45) is 5.59. The smallest absolute Gasteiger partial charge is 0.410 e. The zero-order chi connectivity index (χ0) is 18.0. The minimum Gasteiger partial charge on any atom is -0.444 e. The molecule has 1 saturated heterocycles. The molecule has 0 unspecified atom stereocenters. The van der Waals surface area contributed by atoms with Crippen molar-refractivity contribution in [3.05, 3.63) is 22.4 Å². The Labute approximate surface area is 158 Å². The van der Waals surface area contributed by atoms with E-state index in [4.69, 9.17) is 9.72 Å². The van der Waals surface area contributed by atoms with Gasteiger partial charge in [-0.2, -0.15) is 0 Å². The Morgan fingerprint density at radius 3 is 2.56 bits per heavy atom. The topological polar surface area (TPSA) is 45.7 Å². The van der Waals surface area contributed by atoms with E-state index in [0.717, 1.165) is 41.9 Å². The summed E-state index contributed by atoms with van der Waals surface area (Å²) in [6.45, 7) is 8.36. The van der Waals surface area contributed by atoms with Gasteiger partial charge in [0.2, 0.25) is 0 Å². The number of carbonyl (C=O) groups excluding carboxylic acids is 1. The molecule has 0 N–H and O–H groups in total. The fourth-order valence-electron chi connectivity index (χ4n) is 3.22. The molecular weight excluding hydrogens is 382 g/mol. The van der Waals surface area contributed by atoms with Crippen molar-refractivity contribution in [2.45, 2.75) is 71.1 Å². The molecule has 2 aliphatic rings. The van der Waals surface area contributed by atoms with Crippen LogP contribution in [0, 0.1) is 0 Å². The number of nitrogens with zero attached hydrogens (tertiary/aromatic N) is 3. The average molecular weight is 410 g/mol. The predicted molar refractivity (Wildman–Crippen MR) is 103 cm³/mol. The van der Waals surface area contributed by atoms with Gasteiger partial charge in [-0.3, -0.25) is 4.90 Å². The Hall–Kier alpha value is -1.30. The number of hydrogen-bond acceptors (Lipinski definition) is 4. The highest BCUT2D eigenvalue weighted by Crippen LogP contribution is 2.32. The molecule has 6 heteroatoms. The summed E-state index contributed by atoms with van der Waals surface area (Å²) in [4.78, 5) is 21.6. The highest BCUT2D eigenvalue weighted by atomic mass is 79.9. The number of aromatic nitrogens is 1. The summed E-state index contributed by atoms with van der Waals surface area (Å²) < 4.78 is 6.43. The van der Waals surface area contributed by atoms with Crippen LogP contribution in [0.5, 0.6) is 0 Å². The van der Waals surface area contributed by atoms with E-state index in [1.54, 1.807) is 0 Å². The summed E-state index contributed by atoms with van der Waals surface area (Å²) in [6, 6.07) is 4.39. The molecule has 0 bridgehead atoms. The SMILES string of the molecule is CC(C)(C)OC(=O)N(Cc1nc(Br)ccc1N1CCCCC1)C1CC1. The van der Waals surface area contributed by atoms with Crippen molar-refractivity contribution in [2.75, 3.05) is 18.0 Å². The molecule has 1 aliphatic carbocycles. The molecule has 3 rings (SSSR count). The molecule has 0 atom stereocenters. The molecule has 0 spiro atoms. The van der Waals surface area contributed by atoms with E-state index in [1.807, 2.05) is 31.7 Å². The molecule has 1 aliphatic heterocycles. The number of ether oxygens (including phenoxy) is 1. The summed E-state index contributed by atoms with van der Waals surface area (Å²) in [5.74, 6) is 0. The minimum absolute atomic E-state index is 0.235. The van der Waals surface area contributed by atoms with E-state index in [9.17, 15) is 4.79 Å². The summed E-state index contributed by atoms with van der Waals surface area (Å²) in [7, 11) is 0. The Balaban J connectivity index is 1.81. The van der Waals surface area contributed by atoms with Crippen LogP contribution in [0.4, 0.5) is 10.5 Å². The Morgan fingerprint density at radius 1 is 1.28 bits per heavy atom. The van der Waals surface area contributed by atoms with Crippen LogP contribution in [0.3, 0.4) is 0 Å². The molecular formula is C19H28BrN3O2. The number of pyridine rings is 1. The first-order chi connectivity index (χ1) is 11.8. The maximum atomic E-state index is 12.7. The zero-order valence-corrected chi connectivity index (χ0v) is 17.0. The monoisotopic (exact) mass is 409 g/mol. The van der Waals surface area contributed by atoms with Gasteiger partial charge in [0.15, 0.2) is 0 Å². The largest absolute Gasteiger partial charge is 0.444 e. The van der Waals surface area contributed by atoms with E-state index in [0.29, 0.717) is 6.54 Å². The van der Waals surface area contributed by atoms with Crippen molar-refractivity contribution in [1.82, 2.24) is 9.88 Å². The van der Waals surface area contributed by atoms with E-state index in [2.05, 4.69) is 26.9 Å². The van der Waals surface area contributed by atoms with Gasteiger partial charge < -0.3 is 9.64 Å². The first-order valence-corrected chi connectivity index (χ1v) is 10.0. The quantitative estimate of drug-likeness (QED) is 0.673. The fraction of sp³-hybridized carbons (Fsp3) is 0.684. The normalized spacial score (nSPS) is 18.2. The summed E-state index contributed by atoms with van der Waals surface area (Å²) in [5.41, 5.74) is 1.62. The number of carbonyl (C=O) groups is 1. The van der Waals surface area contributed by atoms with Gasteiger partial charge in [0.05, 0.1) is 17.9 Å². The molecule has 0 aromatic carbocycles. The van der Waals surface area contributed by atoms with E-state index >= 15 is 0 Å². The van der Waals surface area contributed by atoms with Gasteiger partial charge in [0.1, 0.15) is 10.2 Å².